The Balaban J connectivity index is 1.38. The summed E-state index contributed by atoms with van der Waals surface area (Å²) in [4.78, 5) is 19.0. The molecule has 3 saturated carbocycles. The summed E-state index contributed by atoms with van der Waals surface area (Å²) >= 11 is 7.99. The van der Waals surface area contributed by atoms with Crippen molar-refractivity contribution >= 4 is 28.7 Å². The molecule has 0 bridgehead atoms. The Bertz CT molecular complexity index is 1070. The number of Topliss-reactive ketones (excluding diaryl/α,β-unsaturated/α-hetero) is 1. The molecule has 164 valence electrons. The van der Waals surface area contributed by atoms with E-state index in [1.807, 2.05) is 18.2 Å². The lowest BCUT2D eigenvalue weighted by Crippen LogP contribution is -2.56. The van der Waals surface area contributed by atoms with Gasteiger partial charge in [0, 0.05) is 33.2 Å². The van der Waals surface area contributed by atoms with Gasteiger partial charge in [-0.25, -0.2) is 4.98 Å². The molecule has 5 heteroatoms. The lowest BCUT2D eigenvalue weighted by molar-refractivity contribution is -0.142. The van der Waals surface area contributed by atoms with Crippen molar-refractivity contribution in [3.05, 3.63) is 39.9 Å². The van der Waals surface area contributed by atoms with E-state index in [9.17, 15) is 9.90 Å². The fourth-order valence-corrected chi connectivity index (χ4v) is 9.64. The number of thiazole rings is 1. The second-order valence-corrected chi connectivity index (χ2v) is 12.4. The number of fused-ring (bicyclic) bond motifs is 7. The van der Waals surface area contributed by atoms with Crippen LogP contribution in [0, 0.1) is 28.6 Å². The number of nitrogens with zero attached hydrogens (tertiary/aromatic N) is 1. The highest BCUT2D eigenvalue weighted by atomic mass is 35.5. The van der Waals surface area contributed by atoms with Gasteiger partial charge in [-0.05, 0) is 73.8 Å². The first-order chi connectivity index (χ1) is 14.8. The number of hydrogen-bond acceptors (Lipinski definition) is 4. The van der Waals surface area contributed by atoms with E-state index in [1.165, 1.54) is 10.6 Å². The summed E-state index contributed by atoms with van der Waals surface area (Å²) in [6.07, 6.45) is 6.46. The Morgan fingerprint density at radius 1 is 1.16 bits per heavy atom. The minimum atomic E-state index is -0.351. The van der Waals surface area contributed by atoms with E-state index in [0.717, 1.165) is 60.5 Å². The van der Waals surface area contributed by atoms with Gasteiger partial charge in [-0.2, -0.15) is 0 Å². The molecule has 0 saturated heterocycles. The number of aryl methyl sites for hydroxylation is 1. The van der Waals surface area contributed by atoms with Crippen molar-refractivity contribution in [1.29, 1.82) is 0 Å². The van der Waals surface area contributed by atoms with Gasteiger partial charge in [0.2, 0.25) is 0 Å². The highest BCUT2D eigenvalue weighted by Gasteiger charge is 2.62. The van der Waals surface area contributed by atoms with E-state index in [-0.39, 0.29) is 22.9 Å². The number of halogens is 1. The SMILES string of the molecule is C[C@]12CCc3nc(-c4cccc(Cl)c4)sc3[C@@H]1[C@@H](O)C[C@@H]1[C@@H]2CC[C@]2(C)C(=O)CC[C@@H]12. The van der Waals surface area contributed by atoms with E-state index in [0.29, 0.717) is 23.5 Å². The van der Waals surface area contributed by atoms with E-state index >= 15 is 0 Å². The summed E-state index contributed by atoms with van der Waals surface area (Å²) < 4.78 is 0. The van der Waals surface area contributed by atoms with Crippen molar-refractivity contribution in [2.24, 2.45) is 28.6 Å². The predicted octanol–water partition coefficient (Wildman–Crippen LogP) is 6.28. The number of benzene rings is 1. The Labute approximate surface area is 193 Å². The number of aromatic nitrogens is 1. The van der Waals surface area contributed by atoms with Gasteiger partial charge in [0.25, 0.3) is 0 Å². The molecule has 31 heavy (non-hydrogen) atoms. The molecule has 4 aliphatic carbocycles. The van der Waals surface area contributed by atoms with Gasteiger partial charge in [0.1, 0.15) is 10.8 Å². The Morgan fingerprint density at radius 3 is 2.81 bits per heavy atom. The molecule has 0 amide bonds. The van der Waals surface area contributed by atoms with Gasteiger partial charge in [0.05, 0.1) is 11.8 Å². The van der Waals surface area contributed by atoms with Gasteiger partial charge in [0.15, 0.2) is 0 Å². The quantitative estimate of drug-likeness (QED) is 0.550. The molecule has 0 aliphatic heterocycles. The predicted molar refractivity (Wildman–Crippen MR) is 124 cm³/mol. The first-order valence-corrected chi connectivity index (χ1v) is 13.0. The van der Waals surface area contributed by atoms with Gasteiger partial charge in [-0.3, -0.25) is 4.79 Å². The maximum absolute atomic E-state index is 12.7. The molecule has 6 rings (SSSR count). The Hall–Kier alpha value is -1.23. The molecule has 0 spiro atoms. The number of carbonyl (C=O) groups is 1. The molecule has 0 radical (unpaired) electrons. The summed E-state index contributed by atoms with van der Waals surface area (Å²) in [5, 5.41) is 13.3. The summed E-state index contributed by atoms with van der Waals surface area (Å²) in [5.74, 6) is 2.15. The van der Waals surface area contributed by atoms with Gasteiger partial charge < -0.3 is 5.11 Å². The third kappa shape index (κ3) is 2.80. The zero-order valence-corrected chi connectivity index (χ0v) is 19.8. The molecule has 1 heterocycles. The molecule has 3 fully saturated rings. The van der Waals surface area contributed by atoms with Gasteiger partial charge >= 0.3 is 0 Å². The lowest BCUT2D eigenvalue weighted by atomic mass is 9.45. The number of ketones is 1. The van der Waals surface area contributed by atoms with E-state index in [1.54, 1.807) is 11.3 Å². The molecule has 1 aromatic heterocycles. The first kappa shape index (κ1) is 20.4. The number of aliphatic hydroxyl groups is 1. The number of hydrogen-bond donors (Lipinski definition) is 1. The maximum atomic E-state index is 12.7. The van der Waals surface area contributed by atoms with Crippen LogP contribution in [0.2, 0.25) is 5.02 Å². The minimum absolute atomic E-state index is 0.0838. The first-order valence-electron chi connectivity index (χ1n) is 11.8. The normalized spacial score (nSPS) is 41.3. The van der Waals surface area contributed by atoms with Crippen molar-refractivity contribution < 1.29 is 9.90 Å². The van der Waals surface area contributed by atoms with Crippen LogP contribution < -0.4 is 0 Å². The maximum Gasteiger partial charge on any atom is 0.139 e. The molecule has 2 aromatic rings. The molecule has 7 atom stereocenters. The van der Waals surface area contributed by atoms with Crippen LogP contribution in [0.3, 0.4) is 0 Å². The molecule has 4 aliphatic rings. The standard InChI is InChI=1S/C26H30ClNO2S/c1-25-10-8-18-16(17(25)6-7-21(25)30)13-20(29)22-23-19(9-11-26(18,22)2)28-24(31-23)14-4-3-5-15(27)12-14/h3-5,12,16-18,20,22,29H,6-11,13H2,1-2H3/t16-,17-,18-,20-,22-,25-,26+/m0/s1. The van der Waals surface area contributed by atoms with Crippen molar-refractivity contribution in [2.45, 2.75) is 70.8 Å². The van der Waals surface area contributed by atoms with Crippen molar-refractivity contribution in [3.63, 3.8) is 0 Å². The number of aliphatic hydroxyl groups excluding tert-OH is 1. The fraction of sp³-hybridized carbons (Fsp3) is 0.615. The van der Waals surface area contributed by atoms with Crippen LogP contribution in [0.15, 0.2) is 24.3 Å². The summed E-state index contributed by atoms with van der Waals surface area (Å²) in [6.45, 7) is 4.64. The van der Waals surface area contributed by atoms with Gasteiger partial charge in [-0.1, -0.05) is 37.6 Å². The van der Waals surface area contributed by atoms with E-state index in [4.69, 9.17) is 16.6 Å². The van der Waals surface area contributed by atoms with Crippen molar-refractivity contribution in [1.82, 2.24) is 4.98 Å². The smallest absolute Gasteiger partial charge is 0.139 e. The second-order valence-electron chi connectivity index (χ2n) is 10.9. The molecule has 0 unspecified atom stereocenters. The van der Waals surface area contributed by atoms with Crippen molar-refractivity contribution in [3.8, 4) is 10.6 Å². The topological polar surface area (TPSA) is 50.2 Å². The third-order valence-corrected chi connectivity index (χ3v) is 11.0. The van der Waals surface area contributed by atoms with Crippen molar-refractivity contribution in [2.75, 3.05) is 0 Å². The highest BCUT2D eigenvalue weighted by Crippen LogP contribution is 2.67. The largest absolute Gasteiger partial charge is 0.392 e. The molecular formula is C26H30ClNO2S. The highest BCUT2D eigenvalue weighted by molar-refractivity contribution is 7.15. The second kappa shape index (κ2) is 6.88. The van der Waals surface area contributed by atoms with Crippen LogP contribution in [0.4, 0.5) is 0 Å². The summed E-state index contributed by atoms with van der Waals surface area (Å²) in [5.41, 5.74) is 2.18. The van der Waals surface area contributed by atoms with E-state index < -0.39 is 0 Å². The zero-order chi connectivity index (χ0) is 21.5. The van der Waals surface area contributed by atoms with Crippen LogP contribution in [0.5, 0.6) is 0 Å². The average Bonchev–Trinajstić information content (AvgIpc) is 3.29. The molecule has 1 N–H and O–H groups in total. The Kier molecular flexibility index (Phi) is 4.53. The zero-order valence-electron chi connectivity index (χ0n) is 18.2. The molecule has 1 aromatic carbocycles. The van der Waals surface area contributed by atoms with Crippen LogP contribution in [0.1, 0.15) is 68.9 Å². The number of carbonyl (C=O) groups excluding carboxylic acids is 1. The molecular weight excluding hydrogens is 426 g/mol. The third-order valence-electron chi connectivity index (χ3n) is 9.58. The summed E-state index contributed by atoms with van der Waals surface area (Å²) in [6, 6.07) is 7.93. The summed E-state index contributed by atoms with van der Waals surface area (Å²) in [7, 11) is 0. The molecule has 3 nitrogen and oxygen atoms in total. The van der Waals surface area contributed by atoms with Crippen LogP contribution >= 0.6 is 22.9 Å². The average molecular weight is 456 g/mol. The van der Waals surface area contributed by atoms with Crippen LogP contribution in [0.25, 0.3) is 10.6 Å². The van der Waals surface area contributed by atoms with E-state index in [2.05, 4.69) is 19.9 Å². The fourth-order valence-electron chi connectivity index (χ4n) is 8.02. The lowest BCUT2D eigenvalue weighted by Gasteiger charge is -2.60. The van der Waals surface area contributed by atoms with Crippen LogP contribution in [-0.2, 0) is 11.2 Å². The number of rotatable bonds is 1. The minimum Gasteiger partial charge on any atom is -0.392 e. The Morgan fingerprint density at radius 2 is 2.00 bits per heavy atom. The van der Waals surface area contributed by atoms with Crippen LogP contribution in [-0.4, -0.2) is 22.0 Å². The van der Waals surface area contributed by atoms with Gasteiger partial charge in [-0.15, -0.1) is 11.3 Å². The monoisotopic (exact) mass is 455 g/mol.